The van der Waals surface area contributed by atoms with Gasteiger partial charge < -0.3 is 14.6 Å². The normalized spacial score (nSPS) is 14.6. The zero-order valence-corrected chi connectivity index (χ0v) is 15.9. The van der Waals surface area contributed by atoms with Gasteiger partial charge in [-0.2, -0.15) is 0 Å². The smallest absolute Gasteiger partial charge is 0.349 e. The highest BCUT2D eigenvalue weighted by Crippen LogP contribution is 2.22. The molecule has 1 aliphatic heterocycles. The summed E-state index contributed by atoms with van der Waals surface area (Å²) in [4.78, 5) is 51.3. The highest BCUT2D eigenvalue weighted by molar-refractivity contribution is 6.13. The van der Waals surface area contributed by atoms with Crippen molar-refractivity contribution in [3.8, 4) is 0 Å². The standard InChI is InChI=1S/C20H21N3O5/c1-4-22(5-2)14-7-6-13-10-15(20(27)28-16(13)11-14)19(26)21-12(3)23-17(24)8-9-18(23)25/h6-12H,4-5H2,1-3H3,(H,21,26). The van der Waals surface area contributed by atoms with Crippen molar-refractivity contribution in [3.05, 3.63) is 52.4 Å². The van der Waals surface area contributed by atoms with Gasteiger partial charge in [0, 0.05) is 42.4 Å². The molecule has 1 aliphatic rings. The fourth-order valence-corrected chi connectivity index (χ4v) is 3.17. The number of imide groups is 1. The molecule has 2 aromatic rings. The monoisotopic (exact) mass is 383 g/mol. The predicted octanol–water partition coefficient (Wildman–Crippen LogP) is 1.64. The molecule has 1 N–H and O–H groups in total. The quantitative estimate of drug-likeness (QED) is 0.601. The van der Waals surface area contributed by atoms with E-state index in [4.69, 9.17) is 4.42 Å². The van der Waals surface area contributed by atoms with E-state index in [1.165, 1.54) is 13.0 Å². The molecule has 146 valence electrons. The fraction of sp³-hybridized carbons (Fsp3) is 0.300. The number of benzene rings is 1. The molecule has 3 amide bonds. The number of nitrogens with zero attached hydrogens (tertiary/aromatic N) is 2. The number of amides is 3. The molecule has 0 saturated heterocycles. The Morgan fingerprint density at radius 3 is 2.36 bits per heavy atom. The summed E-state index contributed by atoms with van der Waals surface area (Å²) in [5.74, 6) is -1.76. The maximum Gasteiger partial charge on any atom is 0.349 e. The zero-order valence-electron chi connectivity index (χ0n) is 15.9. The Balaban J connectivity index is 1.86. The summed E-state index contributed by atoms with van der Waals surface area (Å²) >= 11 is 0. The van der Waals surface area contributed by atoms with E-state index >= 15 is 0 Å². The van der Waals surface area contributed by atoms with Gasteiger partial charge in [0.1, 0.15) is 17.3 Å². The van der Waals surface area contributed by atoms with Crippen molar-refractivity contribution in [1.82, 2.24) is 10.2 Å². The maximum absolute atomic E-state index is 12.5. The SMILES string of the molecule is CCN(CC)c1ccc2cc(C(=O)NC(C)N3C(=O)C=CC3=O)c(=O)oc2c1. The molecule has 0 fully saturated rings. The summed E-state index contributed by atoms with van der Waals surface area (Å²) in [5.41, 5.74) is 0.325. The lowest BCUT2D eigenvalue weighted by Crippen LogP contribution is -2.49. The number of fused-ring (bicyclic) bond motifs is 1. The van der Waals surface area contributed by atoms with Gasteiger partial charge in [-0.15, -0.1) is 0 Å². The fourth-order valence-electron chi connectivity index (χ4n) is 3.17. The van der Waals surface area contributed by atoms with E-state index in [-0.39, 0.29) is 5.56 Å². The van der Waals surface area contributed by atoms with Crippen LogP contribution in [0.3, 0.4) is 0 Å². The van der Waals surface area contributed by atoms with Crippen LogP contribution < -0.4 is 15.8 Å². The minimum Gasteiger partial charge on any atom is -0.422 e. The summed E-state index contributed by atoms with van der Waals surface area (Å²) in [5, 5.41) is 3.09. The Kier molecular flexibility index (Phi) is 5.30. The van der Waals surface area contributed by atoms with Gasteiger partial charge in [-0.25, -0.2) is 4.79 Å². The number of rotatable bonds is 6. The lowest BCUT2D eigenvalue weighted by Gasteiger charge is -2.23. The number of anilines is 1. The average Bonchev–Trinajstić information content (AvgIpc) is 3.00. The highest BCUT2D eigenvalue weighted by Gasteiger charge is 2.30. The second-order valence-electron chi connectivity index (χ2n) is 6.37. The van der Waals surface area contributed by atoms with Gasteiger partial charge in [0.2, 0.25) is 0 Å². The molecule has 0 radical (unpaired) electrons. The number of hydrogen-bond acceptors (Lipinski definition) is 6. The summed E-state index contributed by atoms with van der Waals surface area (Å²) < 4.78 is 5.34. The number of nitrogens with one attached hydrogen (secondary N) is 1. The van der Waals surface area contributed by atoms with Crippen LogP contribution in [0.25, 0.3) is 11.0 Å². The molecule has 1 aromatic carbocycles. The van der Waals surface area contributed by atoms with Gasteiger partial charge in [-0.3, -0.25) is 19.3 Å². The van der Waals surface area contributed by atoms with Crippen molar-refractivity contribution in [2.75, 3.05) is 18.0 Å². The molecule has 0 spiro atoms. The molecule has 0 aliphatic carbocycles. The third-order valence-electron chi connectivity index (χ3n) is 4.66. The Bertz CT molecular complexity index is 1020. The first-order chi connectivity index (χ1) is 13.3. The largest absolute Gasteiger partial charge is 0.422 e. The average molecular weight is 383 g/mol. The van der Waals surface area contributed by atoms with E-state index in [0.29, 0.717) is 11.0 Å². The molecule has 8 heteroatoms. The first-order valence-corrected chi connectivity index (χ1v) is 9.04. The van der Waals surface area contributed by atoms with Crippen molar-refractivity contribution in [1.29, 1.82) is 0 Å². The Hall–Kier alpha value is -3.42. The summed E-state index contributed by atoms with van der Waals surface area (Å²) in [6, 6.07) is 6.89. The molecule has 28 heavy (non-hydrogen) atoms. The van der Waals surface area contributed by atoms with Crippen LogP contribution in [0.2, 0.25) is 0 Å². The number of carbonyl (C=O) groups is 3. The summed E-state index contributed by atoms with van der Waals surface area (Å²) in [7, 11) is 0. The third kappa shape index (κ3) is 3.53. The van der Waals surface area contributed by atoms with E-state index < -0.39 is 29.5 Å². The lowest BCUT2D eigenvalue weighted by molar-refractivity contribution is -0.139. The van der Waals surface area contributed by atoms with Crippen LogP contribution in [-0.4, -0.2) is 41.9 Å². The van der Waals surface area contributed by atoms with E-state index in [2.05, 4.69) is 10.2 Å². The zero-order chi connectivity index (χ0) is 20.4. The van der Waals surface area contributed by atoms with Crippen molar-refractivity contribution in [3.63, 3.8) is 0 Å². The van der Waals surface area contributed by atoms with Crippen LogP contribution in [0.5, 0.6) is 0 Å². The first kappa shape index (κ1) is 19.3. The van der Waals surface area contributed by atoms with Crippen LogP contribution in [0.4, 0.5) is 5.69 Å². The predicted molar refractivity (Wildman–Crippen MR) is 104 cm³/mol. The molecule has 1 aromatic heterocycles. The van der Waals surface area contributed by atoms with Crippen LogP contribution in [0.15, 0.2) is 45.6 Å². The van der Waals surface area contributed by atoms with Gasteiger partial charge in [0.25, 0.3) is 17.7 Å². The molecule has 1 atom stereocenters. The third-order valence-corrected chi connectivity index (χ3v) is 4.66. The second-order valence-corrected chi connectivity index (χ2v) is 6.37. The molecule has 8 nitrogen and oxygen atoms in total. The molecule has 3 rings (SSSR count). The molecular formula is C20H21N3O5. The van der Waals surface area contributed by atoms with Gasteiger partial charge in [0.05, 0.1) is 0 Å². The number of hydrogen-bond donors (Lipinski definition) is 1. The highest BCUT2D eigenvalue weighted by atomic mass is 16.4. The minimum atomic E-state index is -0.900. The van der Waals surface area contributed by atoms with Crippen molar-refractivity contribution in [2.45, 2.75) is 26.9 Å². The molecule has 0 bridgehead atoms. The van der Waals surface area contributed by atoms with Crippen LogP contribution in [-0.2, 0) is 9.59 Å². The minimum absolute atomic E-state index is 0.193. The Morgan fingerprint density at radius 2 is 1.75 bits per heavy atom. The Morgan fingerprint density at radius 1 is 1.11 bits per heavy atom. The van der Waals surface area contributed by atoms with Crippen molar-refractivity contribution < 1.29 is 18.8 Å². The molecular weight excluding hydrogens is 362 g/mol. The summed E-state index contributed by atoms with van der Waals surface area (Å²) in [6.45, 7) is 7.17. The molecule has 0 saturated carbocycles. The first-order valence-electron chi connectivity index (χ1n) is 9.04. The number of carbonyl (C=O) groups excluding carboxylic acids is 3. The van der Waals surface area contributed by atoms with Crippen LogP contribution >= 0.6 is 0 Å². The molecule has 1 unspecified atom stereocenters. The van der Waals surface area contributed by atoms with Crippen molar-refractivity contribution >= 4 is 34.4 Å². The van der Waals surface area contributed by atoms with Gasteiger partial charge >= 0.3 is 5.63 Å². The topological polar surface area (TPSA) is 99.9 Å². The van der Waals surface area contributed by atoms with Gasteiger partial charge in [-0.1, -0.05) is 0 Å². The summed E-state index contributed by atoms with van der Waals surface area (Å²) in [6.07, 6.45) is 1.36. The Labute approximate surface area is 161 Å². The van der Waals surface area contributed by atoms with Gasteiger partial charge in [0.15, 0.2) is 0 Å². The van der Waals surface area contributed by atoms with E-state index in [9.17, 15) is 19.2 Å². The van der Waals surface area contributed by atoms with E-state index in [1.54, 1.807) is 12.1 Å². The maximum atomic E-state index is 12.5. The van der Waals surface area contributed by atoms with Crippen LogP contribution in [0, 0.1) is 0 Å². The molecule has 2 heterocycles. The van der Waals surface area contributed by atoms with Crippen LogP contribution in [0.1, 0.15) is 31.1 Å². The van der Waals surface area contributed by atoms with E-state index in [1.807, 2.05) is 19.9 Å². The van der Waals surface area contributed by atoms with Crippen molar-refractivity contribution in [2.24, 2.45) is 0 Å². The lowest BCUT2D eigenvalue weighted by atomic mass is 10.1. The second kappa shape index (κ2) is 7.67. The van der Waals surface area contributed by atoms with Gasteiger partial charge in [-0.05, 0) is 39.0 Å². The van der Waals surface area contributed by atoms with E-state index in [0.717, 1.165) is 35.8 Å².